The molecule has 0 radical (unpaired) electrons. The molecule has 0 fully saturated rings. The van der Waals surface area contributed by atoms with E-state index in [1.165, 1.54) is 52.1 Å². The topological polar surface area (TPSA) is 143 Å². The number of rotatable bonds is 9. The Morgan fingerprint density at radius 3 is 2.61 bits per heavy atom. The second kappa shape index (κ2) is 16.0. The first kappa shape index (κ1) is 37.1. The van der Waals surface area contributed by atoms with E-state index in [4.69, 9.17) is 9.47 Å². The van der Waals surface area contributed by atoms with Crippen LogP contribution in [0.25, 0.3) is 0 Å². The number of ether oxygens (including phenoxy) is 2. The smallest absolute Gasteiger partial charge is 0.389 e. The van der Waals surface area contributed by atoms with Crippen LogP contribution >= 0.6 is 0 Å². The molecular weight excluding hydrogens is 631 g/mol. The zero-order chi connectivity index (χ0) is 34.2. The fourth-order valence-corrected chi connectivity index (χ4v) is 6.03. The van der Waals surface area contributed by atoms with Gasteiger partial charge in [-0.05, 0) is 51.3 Å². The molecule has 12 nitrogen and oxygen atoms in total. The van der Waals surface area contributed by atoms with Gasteiger partial charge in [0.25, 0.3) is 15.9 Å². The number of hydrogen-bond acceptors (Lipinski definition) is 8. The predicted octanol–water partition coefficient (Wildman–Crippen LogP) is 3.82. The number of amides is 2. The number of nitrogens with zero attached hydrogens (tertiary/aromatic N) is 4. The van der Waals surface area contributed by atoms with Crippen molar-refractivity contribution in [2.75, 3.05) is 38.1 Å². The predicted molar refractivity (Wildman–Crippen MR) is 164 cm³/mol. The van der Waals surface area contributed by atoms with E-state index in [0.29, 0.717) is 25.9 Å². The summed E-state index contributed by atoms with van der Waals surface area (Å²) in [5.74, 6) is -1.40. The molecule has 258 valence electrons. The normalized spacial score (nSPS) is 21.1. The van der Waals surface area contributed by atoms with E-state index in [1.54, 1.807) is 20.9 Å². The van der Waals surface area contributed by atoms with Crippen LogP contribution in [0.1, 0.15) is 63.2 Å². The first-order valence-corrected chi connectivity index (χ1v) is 16.6. The van der Waals surface area contributed by atoms with Crippen molar-refractivity contribution >= 4 is 27.5 Å². The number of carbonyl (C=O) groups excluding carboxylic acids is 2. The number of hydrogen-bond donors (Lipinski definition) is 2. The second-order valence-electron chi connectivity index (χ2n) is 11.9. The number of sulfonamides is 1. The highest BCUT2D eigenvalue weighted by atomic mass is 32.2. The molecule has 0 aliphatic carbocycles. The Labute approximate surface area is 267 Å². The van der Waals surface area contributed by atoms with E-state index in [0.717, 1.165) is 0 Å². The number of aryl methyl sites for hydroxylation is 1. The Kier molecular flexibility index (Phi) is 12.9. The van der Waals surface area contributed by atoms with E-state index < -0.39 is 65.5 Å². The van der Waals surface area contributed by atoms with E-state index in [9.17, 15) is 36.3 Å². The Morgan fingerprint density at radius 1 is 1.26 bits per heavy atom. The number of carbonyl (C=O) groups is 2. The number of likely N-dealkylation sites (N-methyl/N-ethyl adjacent to an activating group) is 1. The molecule has 2 amide bonds. The van der Waals surface area contributed by atoms with E-state index in [1.807, 2.05) is 6.92 Å². The van der Waals surface area contributed by atoms with Gasteiger partial charge >= 0.3 is 6.18 Å². The number of benzene rings is 1. The van der Waals surface area contributed by atoms with Crippen molar-refractivity contribution in [1.82, 2.24) is 19.4 Å². The van der Waals surface area contributed by atoms with Gasteiger partial charge in [0.05, 0.1) is 43.2 Å². The van der Waals surface area contributed by atoms with Crippen LogP contribution in [0.15, 0.2) is 35.7 Å². The second-order valence-corrected chi connectivity index (χ2v) is 13.5. The molecule has 1 aromatic carbocycles. The summed E-state index contributed by atoms with van der Waals surface area (Å²) in [6, 6.07) is 3.69. The molecule has 1 aromatic heterocycles. The number of aliphatic hydroxyl groups excluding tert-OH is 1. The van der Waals surface area contributed by atoms with Gasteiger partial charge in [-0.1, -0.05) is 6.92 Å². The maximum atomic E-state index is 14.2. The van der Waals surface area contributed by atoms with Gasteiger partial charge in [-0.25, -0.2) is 4.98 Å². The molecule has 16 heteroatoms. The summed E-state index contributed by atoms with van der Waals surface area (Å²) in [4.78, 5) is 33.2. The van der Waals surface area contributed by atoms with Crippen molar-refractivity contribution in [3.8, 4) is 5.75 Å². The average Bonchev–Trinajstić information content (AvgIpc) is 3.44. The third-order valence-corrected chi connectivity index (χ3v) is 9.03. The van der Waals surface area contributed by atoms with Gasteiger partial charge in [-0.3, -0.25) is 14.3 Å². The summed E-state index contributed by atoms with van der Waals surface area (Å²) in [6.45, 7) is 5.28. The van der Waals surface area contributed by atoms with E-state index >= 15 is 0 Å². The zero-order valence-corrected chi connectivity index (χ0v) is 27.6. The van der Waals surface area contributed by atoms with Gasteiger partial charge in [0, 0.05) is 58.0 Å². The molecule has 46 heavy (non-hydrogen) atoms. The fourth-order valence-electron chi connectivity index (χ4n) is 4.99. The summed E-state index contributed by atoms with van der Waals surface area (Å²) in [7, 11) is -1.03. The molecule has 0 bridgehead atoms. The third-order valence-electron chi connectivity index (χ3n) is 7.76. The van der Waals surface area contributed by atoms with Crippen molar-refractivity contribution in [1.29, 1.82) is 0 Å². The highest BCUT2D eigenvalue weighted by Crippen LogP contribution is 2.29. The van der Waals surface area contributed by atoms with Crippen molar-refractivity contribution in [2.24, 2.45) is 13.0 Å². The number of aromatic nitrogens is 2. The summed E-state index contributed by atoms with van der Waals surface area (Å²) >= 11 is 0. The molecule has 1 aliphatic rings. The van der Waals surface area contributed by atoms with Crippen LogP contribution in [0.5, 0.6) is 5.75 Å². The maximum absolute atomic E-state index is 14.2. The van der Waals surface area contributed by atoms with Gasteiger partial charge in [0.15, 0.2) is 5.03 Å². The third kappa shape index (κ3) is 10.6. The largest absolute Gasteiger partial charge is 0.490 e. The summed E-state index contributed by atoms with van der Waals surface area (Å²) in [5, 5.41) is 9.89. The number of anilines is 1. The number of aliphatic hydroxyl groups is 1. The van der Waals surface area contributed by atoms with Crippen LogP contribution < -0.4 is 9.46 Å². The Balaban J connectivity index is 1.95. The van der Waals surface area contributed by atoms with Crippen LogP contribution in [-0.2, 0) is 26.6 Å². The SMILES string of the molecule is C[C@@H]1CN([C@H](C)CO)C(=O)c2cc(NS(=O)(=O)c3cn(C)cn3)ccc2O[C@@H](C)CCCCO[C@@H]1CN(C)C(=O)CCC(F)(F)F. The standard InChI is InChI=1S/C30H44F3N5O7S/c1-20-15-38(21(2)18-39)29(41)24-14-23(35-46(42,43)27-17-36(4)19-34-27)9-10-25(24)45-22(3)8-6-7-13-44-26(20)16-37(5)28(40)11-12-30(31,32)33/h9-10,14,17,19-22,26,35,39H,6-8,11-13,15-16,18H2,1-5H3/t20-,21-,22+,26-/m1/s1. The lowest BCUT2D eigenvalue weighted by atomic mass is 10.0. The lowest BCUT2D eigenvalue weighted by molar-refractivity contribution is -0.149. The minimum Gasteiger partial charge on any atom is -0.490 e. The monoisotopic (exact) mass is 675 g/mol. The molecule has 0 spiro atoms. The van der Waals surface area contributed by atoms with E-state index in [-0.39, 0.29) is 41.2 Å². The molecule has 4 atom stereocenters. The highest BCUT2D eigenvalue weighted by molar-refractivity contribution is 7.92. The van der Waals surface area contributed by atoms with Gasteiger partial charge in [0.2, 0.25) is 5.91 Å². The van der Waals surface area contributed by atoms with Gasteiger partial charge in [-0.15, -0.1) is 0 Å². The van der Waals surface area contributed by atoms with Gasteiger partial charge < -0.3 is 28.9 Å². The number of fused-ring (bicyclic) bond motifs is 1. The number of halogens is 3. The van der Waals surface area contributed by atoms with Gasteiger partial charge in [0.1, 0.15) is 5.75 Å². The molecule has 0 unspecified atom stereocenters. The molecule has 1 aliphatic heterocycles. The summed E-state index contributed by atoms with van der Waals surface area (Å²) in [6.07, 6.45) is -2.67. The lowest BCUT2D eigenvalue weighted by Gasteiger charge is -2.36. The fraction of sp³-hybridized carbons (Fsp3) is 0.633. The van der Waals surface area contributed by atoms with E-state index in [2.05, 4.69) is 9.71 Å². The molecular formula is C30H44F3N5O7S. The lowest BCUT2D eigenvalue weighted by Crippen LogP contribution is -2.48. The quantitative estimate of drug-likeness (QED) is 0.409. The Hall–Kier alpha value is -3.37. The Bertz CT molecular complexity index is 1440. The maximum Gasteiger partial charge on any atom is 0.389 e. The minimum absolute atomic E-state index is 0.00292. The van der Waals surface area contributed by atoms with Crippen LogP contribution in [-0.4, -0.2) is 102 Å². The number of imidazole rings is 1. The highest BCUT2D eigenvalue weighted by Gasteiger charge is 2.33. The Morgan fingerprint density at radius 2 is 1.98 bits per heavy atom. The minimum atomic E-state index is -4.46. The molecule has 0 saturated carbocycles. The van der Waals surface area contributed by atoms with Crippen LogP contribution in [0.2, 0.25) is 0 Å². The summed E-state index contributed by atoms with van der Waals surface area (Å²) < 4.78 is 80.4. The molecule has 3 rings (SSSR count). The van der Waals surface area contributed by atoms with Crippen molar-refractivity contribution in [3.05, 3.63) is 36.3 Å². The van der Waals surface area contributed by atoms with Crippen LogP contribution in [0.3, 0.4) is 0 Å². The first-order valence-electron chi connectivity index (χ1n) is 15.2. The van der Waals surface area contributed by atoms with Crippen molar-refractivity contribution in [3.63, 3.8) is 0 Å². The van der Waals surface area contributed by atoms with Crippen LogP contribution in [0, 0.1) is 5.92 Å². The molecule has 2 N–H and O–H groups in total. The molecule has 2 heterocycles. The van der Waals surface area contributed by atoms with Crippen LogP contribution in [0.4, 0.5) is 18.9 Å². The summed E-state index contributed by atoms with van der Waals surface area (Å²) in [5.41, 5.74) is 0.162. The first-order chi connectivity index (χ1) is 21.5. The average molecular weight is 676 g/mol. The number of nitrogens with one attached hydrogen (secondary N) is 1. The zero-order valence-electron chi connectivity index (χ0n) is 26.8. The van der Waals surface area contributed by atoms with Gasteiger partial charge in [-0.2, -0.15) is 21.6 Å². The number of alkyl halides is 3. The van der Waals surface area contributed by atoms with Crippen molar-refractivity contribution < 1.29 is 45.8 Å². The van der Waals surface area contributed by atoms with Crippen molar-refractivity contribution in [2.45, 2.75) is 82.3 Å². The molecule has 2 aromatic rings. The molecule has 0 saturated heterocycles.